The number of fused-ring (bicyclic) bond motifs is 1. The second-order valence-electron chi connectivity index (χ2n) is 8.80. The highest BCUT2D eigenvalue weighted by molar-refractivity contribution is 5.94. The number of rotatable bonds is 10. The molecule has 0 aliphatic heterocycles. The summed E-state index contributed by atoms with van der Waals surface area (Å²) >= 11 is 0. The summed E-state index contributed by atoms with van der Waals surface area (Å²) in [6, 6.07) is 14.7. The number of pyridine rings is 1. The zero-order valence-corrected chi connectivity index (χ0v) is 19.8. The number of carbonyl (C=O) groups is 1. The predicted molar refractivity (Wildman–Crippen MR) is 131 cm³/mol. The highest BCUT2D eigenvalue weighted by Gasteiger charge is 2.30. The van der Waals surface area contributed by atoms with Crippen LogP contribution in [0.25, 0.3) is 0 Å². The summed E-state index contributed by atoms with van der Waals surface area (Å²) in [6.07, 6.45) is 8.58. The average molecular weight is 446 g/mol. The van der Waals surface area contributed by atoms with E-state index >= 15 is 0 Å². The van der Waals surface area contributed by atoms with Gasteiger partial charge in [0.1, 0.15) is 0 Å². The molecule has 0 saturated carbocycles. The van der Waals surface area contributed by atoms with Crippen LogP contribution in [0.15, 0.2) is 54.9 Å². The Morgan fingerprint density at radius 1 is 1.12 bits per heavy atom. The molecule has 33 heavy (non-hydrogen) atoms. The number of hydrogen-bond acceptors (Lipinski definition) is 4. The van der Waals surface area contributed by atoms with E-state index in [0.717, 1.165) is 56.3 Å². The van der Waals surface area contributed by atoms with E-state index in [4.69, 9.17) is 5.10 Å². The smallest absolute Gasteiger partial charge is 0.274 e. The molecule has 2 aromatic heterocycles. The molecule has 1 N–H and O–H groups in total. The fourth-order valence-electron chi connectivity index (χ4n) is 4.68. The maximum atomic E-state index is 13.6. The van der Waals surface area contributed by atoms with E-state index in [0.29, 0.717) is 24.8 Å². The molecule has 1 aliphatic carbocycles. The van der Waals surface area contributed by atoms with Gasteiger partial charge >= 0.3 is 0 Å². The summed E-state index contributed by atoms with van der Waals surface area (Å²) < 4.78 is 2.09. The third-order valence-corrected chi connectivity index (χ3v) is 6.47. The standard InChI is InChI=1S/C27H35N5O/c1-3-18-32-25-11-10-23(29-17-14-21-12-15-28-16-13-21)19-24(25)26(30-32)27(33)31(4-2)20-22-8-6-5-7-9-22/h5-9,12-13,15-16,23,29H,3-4,10-11,14,17-20H2,1-2H3. The highest BCUT2D eigenvalue weighted by atomic mass is 16.2. The summed E-state index contributed by atoms with van der Waals surface area (Å²) in [4.78, 5) is 19.6. The first-order valence-electron chi connectivity index (χ1n) is 12.2. The Labute approximate surface area is 197 Å². The van der Waals surface area contributed by atoms with Crippen molar-refractivity contribution in [3.8, 4) is 0 Å². The van der Waals surface area contributed by atoms with Gasteiger partial charge < -0.3 is 10.2 Å². The van der Waals surface area contributed by atoms with Crippen LogP contribution in [0.5, 0.6) is 0 Å². The third-order valence-electron chi connectivity index (χ3n) is 6.47. The fraction of sp³-hybridized carbons (Fsp3) is 0.444. The molecule has 6 heteroatoms. The van der Waals surface area contributed by atoms with Crippen LogP contribution in [-0.2, 0) is 32.4 Å². The summed E-state index contributed by atoms with van der Waals surface area (Å²) in [5.74, 6) is 0.0462. The Balaban J connectivity index is 1.49. The molecule has 0 bridgehead atoms. The van der Waals surface area contributed by atoms with Crippen molar-refractivity contribution in [2.24, 2.45) is 0 Å². The van der Waals surface area contributed by atoms with Gasteiger partial charge in [-0.2, -0.15) is 5.10 Å². The second kappa shape index (κ2) is 11.2. The van der Waals surface area contributed by atoms with Crippen molar-refractivity contribution < 1.29 is 4.79 Å². The lowest BCUT2D eigenvalue weighted by molar-refractivity contribution is 0.0744. The Kier molecular flexibility index (Phi) is 7.89. The lowest BCUT2D eigenvalue weighted by Gasteiger charge is -2.25. The van der Waals surface area contributed by atoms with Crippen molar-refractivity contribution >= 4 is 5.91 Å². The van der Waals surface area contributed by atoms with Crippen molar-refractivity contribution in [2.75, 3.05) is 13.1 Å². The van der Waals surface area contributed by atoms with E-state index < -0.39 is 0 Å². The van der Waals surface area contributed by atoms with Crippen molar-refractivity contribution in [1.29, 1.82) is 0 Å². The van der Waals surface area contributed by atoms with E-state index in [-0.39, 0.29) is 5.91 Å². The van der Waals surface area contributed by atoms with Crippen molar-refractivity contribution in [3.05, 3.63) is 82.9 Å². The van der Waals surface area contributed by atoms with Crippen molar-refractivity contribution in [2.45, 2.75) is 65.1 Å². The van der Waals surface area contributed by atoms with E-state index in [1.807, 2.05) is 42.4 Å². The molecular weight excluding hydrogens is 410 g/mol. The third kappa shape index (κ3) is 5.69. The lowest BCUT2D eigenvalue weighted by atomic mass is 9.90. The fourth-order valence-corrected chi connectivity index (χ4v) is 4.68. The first kappa shape index (κ1) is 23.2. The molecule has 6 nitrogen and oxygen atoms in total. The van der Waals surface area contributed by atoms with E-state index in [1.54, 1.807) is 0 Å². The van der Waals surface area contributed by atoms with Crippen LogP contribution in [0, 0.1) is 0 Å². The summed E-state index contributed by atoms with van der Waals surface area (Å²) in [7, 11) is 0. The lowest BCUT2D eigenvalue weighted by Crippen LogP contribution is -2.37. The Bertz CT molecular complexity index is 1030. The molecular formula is C27H35N5O. The molecule has 1 atom stereocenters. The van der Waals surface area contributed by atoms with Gasteiger partial charge in [-0.3, -0.25) is 14.5 Å². The first-order valence-corrected chi connectivity index (χ1v) is 12.2. The van der Waals surface area contributed by atoms with Crippen molar-refractivity contribution in [1.82, 2.24) is 25.0 Å². The van der Waals surface area contributed by atoms with Crippen molar-refractivity contribution in [3.63, 3.8) is 0 Å². The molecule has 1 aliphatic rings. The molecule has 2 heterocycles. The molecule has 1 unspecified atom stereocenters. The van der Waals surface area contributed by atoms with Gasteiger partial charge in [0.25, 0.3) is 5.91 Å². The minimum absolute atomic E-state index is 0.0462. The molecule has 0 spiro atoms. The monoisotopic (exact) mass is 445 g/mol. The zero-order chi connectivity index (χ0) is 23.0. The predicted octanol–water partition coefficient (Wildman–Crippen LogP) is 4.04. The minimum atomic E-state index is 0.0462. The van der Waals surface area contributed by atoms with Crippen LogP contribution in [0.1, 0.15) is 59.6 Å². The van der Waals surface area contributed by atoms with E-state index in [9.17, 15) is 4.79 Å². The topological polar surface area (TPSA) is 63.1 Å². The van der Waals surface area contributed by atoms with Gasteiger partial charge in [0.05, 0.1) is 0 Å². The quantitative estimate of drug-likeness (QED) is 0.512. The van der Waals surface area contributed by atoms with Gasteiger partial charge in [-0.1, -0.05) is 37.3 Å². The number of amides is 1. The molecule has 4 rings (SSSR count). The van der Waals surface area contributed by atoms with Gasteiger partial charge in [-0.05, 0) is 68.8 Å². The number of nitrogens with zero attached hydrogens (tertiary/aromatic N) is 4. The number of benzene rings is 1. The van der Waals surface area contributed by atoms with Crippen LogP contribution >= 0.6 is 0 Å². The maximum absolute atomic E-state index is 13.6. The highest BCUT2D eigenvalue weighted by Crippen LogP contribution is 2.26. The van der Waals surface area contributed by atoms with Gasteiger partial charge in [0.15, 0.2) is 5.69 Å². The SMILES string of the molecule is CCCn1nc(C(=O)N(CC)Cc2ccccc2)c2c1CCC(NCCc1ccncc1)C2. The molecule has 0 saturated heterocycles. The normalized spacial score (nSPS) is 15.3. The van der Waals surface area contributed by atoms with E-state index in [2.05, 4.69) is 46.2 Å². The molecule has 0 fully saturated rings. The molecule has 1 aromatic carbocycles. The number of carbonyl (C=O) groups excluding carboxylic acids is 1. The number of aryl methyl sites for hydroxylation is 1. The van der Waals surface area contributed by atoms with Crippen LogP contribution in [0.2, 0.25) is 0 Å². The zero-order valence-electron chi connectivity index (χ0n) is 19.8. The van der Waals surface area contributed by atoms with Crippen LogP contribution in [0.4, 0.5) is 0 Å². The Morgan fingerprint density at radius 3 is 2.64 bits per heavy atom. The number of aromatic nitrogens is 3. The summed E-state index contributed by atoms with van der Waals surface area (Å²) in [6.45, 7) is 7.26. The summed E-state index contributed by atoms with van der Waals surface area (Å²) in [5, 5.41) is 8.56. The molecule has 174 valence electrons. The number of hydrogen-bond donors (Lipinski definition) is 1. The first-order chi connectivity index (χ1) is 16.2. The van der Waals surface area contributed by atoms with Crippen LogP contribution < -0.4 is 5.32 Å². The van der Waals surface area contributed by atoms with Gasteiger partial charge in [0, 0.05) is 49.3 Å². The largest absolute Gasteiger partial charge is 0.333 e. The average Bonchev–Trinajstić information content (AvgIpc) is 3.21. The molecule has 3 aromatic rings. The summed E-state index contributed by atoms with van der Waals surface area (Å²) in [5.41, 5.74) is 5.48. The van der Waals surface area contributed by atoms with Gasteiger partial charge in [0.2, 0.25) is 0 Å². The number of nitrogens with one attached hydrogen (secondary N) is 1. The van der Waals surface area contributed by atoms with Gasteiger partial charge in [-0.25, -0.2) is 0 Å². The maximum Gasteiger partial charge on any atom is 0.274 e. The Hall–Kier alpha value is -2.99. The Morgan fingerprint density at radius 2 is 1.91 bits per heavy atom. The van der Waals surface area contributed by atoms with Gasteiger partial charge in [-0.15, -0.1) is 0 Å². The minimum Gasteiger partial charge on any atom is -0.333 e. The van der Waals surface area contributed by atoms with Crippen LogP contribution in [-0.4, -0.2) is 44.7 Å². The van der Waals surface area contributed by atoms with E-state index in [1.165, 1.54) is 11.3 Å². The molecule has 1 amide bonds. The molecule has 0 radical (unpaired) electrons. The second-order valence-corrected chi connectivity index (χ2v) is 8.80. The van der Waals surface area contributed by atoms with Crippen LogP contribution in [0.3, 0.4) is 0 Å².